The molecular weight excluding hydrogens is 257 g/mol. The Hall–Kier alpha value is -1.56. The van der Waals surface area contributed by atoms with Crippen molar-refractivity contribution in [2.24, 2.45) is 0 Å². The van der Waals surface area contributed by atoms with Gasteiger partial charge in [0.2, 0.25) is 5.91 Å². The third kappa shape index (κ3) is 3.47. The number of carbonyl (C=O) groups excluding carboxylic acids is 1. The van der Waals surface area contributed by atoms with Crippen molar-refractivity contribution in [3.8, 4) is 0 Å². The summed E-state index contributed by atoms with van der Waals surface area (Å²) in [6.45, 7) is 0.623. The zero-order valence-corrected chi connectivity index (χ0v) is 10.3. The molecule has 1 saturated heterocycles. The number of hydrogen-bond acceptors (Lipinski definition) is 2. The molecule has 0 radical (unpaired) electrons. The Morgan fingerprint density at radius 3 is 2.68 bits per heavy atom. The number of halogens is 3. The topological polar surface area (TPSA) is 41.1 Å². The van der Waals surface area contributed by atoms with E-state index in [9.17, 15) is 18.0 Å². The first-order valence-electron chi connectivity index (χ1n) is 6.22. The molecular formula is C13H15F3N2O. The zero-order valence-electron chi connectivity index (χ0n) is 10.3. The number of nitrogens with one attached hydrogen (secondary N) is 2. The molecule has 1 heterocycles. The van der Waals surface area contributed by atoms with Crippen molar-refractivity contribution in [3.05, 3.63) is 35.1 Å². The van der Waals surface area contributed by atoms with Gasteiger partial charge in [0.05, 0.1) is 6.04 Å². The smallest absolute Gasteiger partial charge is 0.237 e. The lowest BCUT2D eigenvalue weighted by molar-refractivity contribution is -0.122. The number of benzene rings is 1. The summed E-state index contributed by atoms with van der Waals surface area (Å²) in [4.78, 5) is 11.6. The Bertz CT molecular complexity index is 479. The van der Waals surface area contributed by atoms with E-state index >= 15 is 0 Å². The average Bonchev–Trinajstić information content (AvgIpc) is 2.57. The van der Waals surface area contributed by atoms with E-state index in [0.29, 0.717) is 19.0 Å². The lowest BCUT2D eigenvalue weighted by Crippen LogP contribution is -2.42. The third-order valence-corrected chi connectivity index (χ3v) is 3.16. The second-order valence-corrected chi connectivity index (χ2v) is 4.58. The number of carbonyl (C=O) groups is 1. The van der Waals surface area contributed by atoms with Crippen LogP contribution < -0.4 is 10.6 Å². The monoisotopic (exact) mass is 272 g/mol. The van der Waals surface area contributed by atoms with E-state index in [1.54, 1.807) is 0 Å². The normalized spacial score (nSPS) is 19.9. The molecule has 0 aromatic heterocycles. The maximum absolute atomic E-state index is 13.4. The van der Waals surface area contributed by atoms with E-state index in [2.05, 4.69) is 10.6 Å². The van der Waals surface area contributed by atoms with Gasteiger partial charge in [-0.1, -0.05) is 0 Å². The zero-order chi connectivity index (χ0) is 13.8. The van der Waals surface area contributed by atoms with Crippen LogP contribution in [0.5, 0.6) is 0 Å². The summed E-state index contributed by atoms with van der Waals surface area (Å²) in [5.41, 5.74) is 0.0101. The number of hydrogen-bond donors (Lipinski definition) is 2. The summed E-state index contributed by atoms with van der Waals surface area (Å²) in [6.07, 6.45) is 2.44. The average molecular weight is 272 g/mol. The van der Waals surface area contributed by atoms with Gasteiger partial charge < -0.3 is 10.6 Å². The minimum Gasteiger partial charge on any atom is -0.355 e. The first-order valence-corrected chi connectivity index (χ1v) is 6.22. The van der Waals surface area contributed by atoms with Gasteiger partial charge in [-0.3, -0.25) is 4.79 Å². The van der Waals surface area contributed by atoms with Gasteiger partial charge in [-0.25, -0.2) is 13.2 Å². The van der Waals surface area contributed by atoms with E-state index < -0.39 is 23.5 Å². The van der Waals surface area contributed by atoms with Gasteiger partial charge in [-0.15, -0.1) is 0 Å². The van der Waals surface area contributed by atoms with Gasteiger partial charge in [0.1, 0.15) is 5.82 Å². The summed E-state index contributed by atoms with van der Waals surface area (Å²) in [7, 11) is 0. The SMILES string of the molecule is O=C1NCCCCC1NCc1cc(F)c(F)cc1F. The van der Waals surface area contributed by atoms with E-state index in [1.807, 2.05) is 0 Å². The Morgan fingerprint density at radius 1 is 1.16 bits per heavy atom. The molecule has 1 amide bonds. The summed E-state index contributed by atoms with van der Waals surface area (Å²) in [6, 6.07) is 0.904. The summed E-state index contributed by atoms with van der Waals surface area (Å²) in [5, 5.41) is 5.61. The maximum Gasteiger partial charge on any atom is 0.237 e. The van der Waals surface area contributed by atoms with Crippen LogP contribution in [0.4, 0.5) is 13.2 Å². The molecule has 3 nitrogen and oxygen atoms in total. The molecule has 1 atom stereocenters. The largest absolute Gasteiger partial charge is 0.355 e. The van der Waals surface area contributed by atoms with Gasteiger partial charge in [0.15, 0.2) is 11.6 Å². The molecule has 6 heteroatoms. The van der Waals surface area contributed by atoms with Crippen molar-refractivity contribution in [3.63, 3.8) is 0 Å². The van der Waals surface area contributed by atoms with Crippen molar-refractivity contribution in [2.45, 2.75) is 31.8 Å². The molecule has 0 saturated carbocycles. The third-order valence-electron chi connectivity index (χ3n) is 3.16. The van der Waals surface area contributed by atoms with Crippen molar-refractivity contribution in [1.82, 2.24) is 10.6 Å². The van der Waals surface area contributed by atoms with Crippen LogP contribution in [0.1, 0.15) is 24.8 Å². The summed E-state index contributed by atoms with van der Waals surface area (Å²) in [5.74, 6) is -3.27. The van der Waals surface area contributed by atoms with Crippen molar-refractivity contribution < 1.29 is 18.0 Å². The number of amides is 1. The molecule has 1 aromatic carbocycles. The van der Waals surface area contributed by atoms with Crippen LogP contribution in [0.15, 0.2) is 12.1 Å². The lowest BCUT2D eigenvalue weighted by Gasteiger charge is -2.15. The highest BCUT2D eigenvalue weighted by Gasteiger charge is 2.20. The predicted molar refractivity (Wildman–Crippen MR) is 63.8 cm³/mol. The minimum atomic E-state index is -1.21. The Morgan fingerprint density at radius 2 is 1.89 bits per heavy atom. The first kappa shape index (κ1) is 13.9. The molecule has 1 unspecified atom stereocenters. The fraction of sp³-hybridized carbons (Fsp3) is 0.462. The molecule has 1 aliphatic rings. The molecule has 104 valence electrons. The number of rotatable bonds is 3. The predicted octanol–water partition coefficient (Wildman–Crippen LogP) is 1.86. The highest BCUT2D eigenvalue weighted by molar-refractivity contribution is 5.81. The van der Waals surface area contributed by atoms with Crippen LogP contribution in [-0.2, 0) is 11.3 Å². The highest BCUT2D eigenvalue weighted by atomic mass is 19.2. The van der Waals surface area contributed by atoms with E-state index in [4.69, 9.17) is 0 Å². The standard InChI is InChI=1S/C13H15F3N2O/c14-9-6-11(16)10(15)5-8(9)7-18-12-3-1-2-4-17-13(12)19/h5-6,12,18H,1-4,7H2,(H,17,19). The van der Waals surface area contributed by atoms with Gasteiger partial charge >= 0.3 is 0 Å². The molecule has 1 fully saturated rings. The van der Waals surface area contributed by atoms with Crippen LogP contribution in [-0.4, -0.2) is 18.5 Å². The Balaban J connectivity index is 2.01. The van der Waals surface area contributed by atoms with Crippen LogP contribution in [0, 0.1) is 17.5 Å². The minimum absolute atomic E-state index is 0.0101. The maximum atomic E-state index is 13.4. The van der Waals surface area contributed by atoms with Gasteiger partial charge in [0.25, 0.3) is 0 Å². The van der Waals surface area contributed by atoms with Gasteiger partial charge in [-0.2, -0.15) is 0 Å². The Kier molecular flexibility index (Phi) is 4.42. The van der Waals surface area contributed by atoms with Gasteiger partial charge in [0, 0.05) is 24.7 Å². The highest BCUT2D eigenvalue weighted by Crippen LogP contribution is 2.14. The second-order valence-electron chi connectivity index (χ2n) is 4.58. The van der Waals surface area contributed by atoms with Crippen LogP contribution in [0.3, 0.4) is 0 Å². The van der Waals surface area contributed by atoms with E-state index in [1.165, 1.54) is 0 Å². The molecule has 19 heavy (non-hydrogen) atoms. The molecule has 1 aromatic rings. The van der Waals surface area contributed by atoms with Crippen LogP contribution in [0.25, 0.3) is 0 Å². The fourth-order valence-corrected chi connectivity index (χ4v) is 2.07. The first-order chi connectivity index (χ1) is 9.08. The molecule has 2 rings (SSSR count). The Labute approximate surface area is 109 Å². The molecule has 0 spiro atoms. The van der Waals surface area contributed by atoms with E-state index in [-0.39, 0.29) is 18.0 Å². The van der Waals surface area contributed by atoms with Gasteiger partial charge in [-0.05, 0) is 25.3 Å². The molecule has 0 aliphatic carbocycles. The molecule has 1 aliphatic heterocycles. The second kappa shape index (κ2) is 6.06. The van der Waals surface area contributed by atoms with E-state index in [0.717, 1.165) is 18.9 Å². The van der Waals surface area contributed by atoms with Crippen LogP contribution >= 0.6 is 0 Å². The van der Waals surface area contributed by atoms with Crippen molar-refractivity contribution in [1.29, 1.82) is 0 Å². The lowest BCUT2D eigenvalue weighted by atomic mass is 10.1. The van der Waals surface area contributed by atoms with Crippen LogP contribution in [0.2, 0.25) is 0 Å². The summed E-state index contributed by atoms with van der Waals surface area (Å²) < 4.78 is 39.2. The molecule has 0 bridgehead atoms. The quantitative estimate of drug-likeness (QED) is 0.825. The fourth-order valence-electron chi connectivity index (χ4n) is 2.07. The van der Waals surface area contributed by atoms with Crippen molar-refractivity contribution >= 4 is 5.91 Å². The molecule has 2 N–H and O–H groups in total. The van der Waals surface area contributed by atoms with Crippen molar-refractivity contribution in [2.75, 3.05) is 6.54 Å². The summed E-state index contributed by atoms with van der Waals surface area (Å²) >= 11 is 0.